The van der Waals surface area contributed by atoms with E-state index < -0.39 is 0 Å². The van der Waals surface area contributed by atoms with E-state index in [1.54, 1.807) is 0 Å². The molecule has 3 nitrogen and oxygen atoms in total. The van der Waals surface area contributed by atoms with Crippen LogP contribution in [-0.4, -0.2) is 22.8 Å². The van der Waals surface area contributed by atoms with E-state index in [2.05, 4.69) is 6.92 Å². The Morgan fingerprint density at radius 1 is 1.20 bits per heavy atom. The fourth-order valence-electron chi connectivity index (χ4n) is 1.82. The maximum Gasteiger partial charge on any atom is 0.232 e. The van der Waals surface area contributed by atoms with Crippen molar-refractivity contribution < 1.29 is 9.59 Å². The fourth-order valence-corrected chi connectivity index (χ4v) is 1.82. The number of carbonyl (C=O) groups is 2. The van der Waals surface area contributed by atoms with E-state index in [4.69, 9.17) is 0 Å². The van der Waals surface area contributed by atoms with Crippen molar-refractivity contribution in [3.05, 3.63) is 0 Å². The summed E-state index contributed by atoms with van der Waals surface area (Å²) >= 11 is 0. The average molecular weight is 213 g/mol. The molecule has 0 saturated heterocycles. The van der Waals surface area contributed by atoms with E-state index in [0.717, 1.165) is 19.3 Å². The molecule has 0 fully saturated rings. The smallest absolute Gasteiger partial charge is 0.232 e. The first kappa shape index (κ1) is 14.1. The van der Waals surface area contributed by atoms with Gasteiger partial charge in [-0.15, -0.1) is 0 Å². The Morgan fingerprint density at radius 2 is 1.73 bits per heavy atom. The Hall–Kier alpha value is -0.860. The Kier molecular flexibility index (Phi) is 6.21. The highest BCUT2D eigenvalue weighted by Crippen LogP contribution is 2.16. The van der Waals surface area contributed by atoms with Crippen molar-refractivity contribution in [2.75, 3.05) is 0 Å². The van der Waals surface area contributed by atoms with Crippen molar-refractivity contribution in [3.8, 4) is 0 Å². The molecule has 1 atom stereocenters. The highest BCUT2D eigenvalue weighted by atomic mass is 16.2. The zero-order valence-electron chi connectivity index (χ0n) is 10.5. The number of imide groups is 1. The Bertz CT molecular complexity index is 224. The lowest BCUT2D eigenvalue weighted by atomic mass is 9.98. The minimum atomic E-state index is -0.149. The third-order valence-corrected chi connectivity index (χ3v) is 2.57. The van der Waals surface area contributed by atoms with Crippen LogP contribution in [-0.2, 0) is 9.59 Å². The number of amides is 2. The molecule has 0 aliphatic carbocycles. The van der Waals surface area contributed by atoms with Gasteiger partial charge in [0.2, 0.25) is 11.8 Å². The Labute approximate surface area is 92.8 Å². The molecular weight excluding hydrogens is 190 g/mol. The maximum atomic E-state index is 12.1. The molecule has 2 amide bonds. The summed E-state index contributed by atoms with van der Waals surface area (Å²) in [6.45, 7) is 9.26. The van der Waals surface area contributed by atoms with Crippen molar-refractivity contribution >= 4 is 11.8 Å². The number of rotatable bonds is 5. The van der Waals surface area contributed by atoms with Gasteiger partial charge in [0, 0.05) is 18.9 Å². The summed E-state index contributed by atoms with van der Waals surface area (Å²) in [5, 5.41) is 0. The number of hydrogen-bond acceptors (Lipinski definition) is 2. The lowest BCUT2D eigenvalue weighted by Gasteiger charge is -2.27. The average Bonchev–Trinajstić information content (AvgIpc) is 2.12. The largest absolute Gasteiger partial charge is 0.280 e. The molecule has 0 rings (SSSR count). The van der Waals surface area contributed by atoms with Gasteiger partial charge in [0.1, 0.15) is 0 Å². The van der Waals surface area contributed by atoms with Crippen LogP contribution in [0.1, 0.15) is 53.9 Å². The van der Waals surface area contributed by atoms with E-state index in [1.165, 1.54) is 11.8 Å². The lowest BCUT2D eigenvalue weighted by molar-refractivity contribution is -0.148. The van der Waals surface area contributed by atoms with Crippen LogP contribution in [0.25, 0.3) is 0 Å². The quantitative estimate of drug-likeness (QED) is 0.704. The molecule has 0 heterocycles. The second-order valence-electron chi connectivity index (χ2n) is 4.21. The molecule has 3 heteroatoms. The molecular formula is C12H23NO2. The second kappa shape index (κ2) is 6.59. The summed E-state index contributed by atoms with van der Waals surface area (Å²) in [4.78, 5) is 24.8. The predicted octanol–water partition coefficient (Wildman–Crippen LogP) is 2.60. The molecule has 0 radical (unpaired) electrons. The minimum Gasteiger partial charge on any atom is -0.280 e. The molecule has 0 aromatic rings. The van der Waals surface area contributed by atoms with Crippen molar-refractivity contribution in [2.24, 2.45) is 5.92 Å². The highest BCUT2D eigenvalue weighted by molar-refractivity contribution is 5.95. The van der Waals surface area contributed by atoms with Gasteiger partial charge < -0.3 is 0 Å². The maximum absolute atomic E-state index is 12.1. The zero-order chi connectivity index (χ0) is 12.0. The Balaban J connectivity index is 4.67. The SMILES string of the molecule is CCCC(CC)C(=O)N(C(C)=O)C(C)C. The van der Waals surface area contributed by atoms with E-state index in [9.17, 15) is 9.59 Å². The molecule has 0 spiro atoms. The van der Waals surface area contributed by atoms with E-state index in [-0.39, 0.29) is 23.8 Å². The normalized spacial score (nSPS) is 12.7. The van der Waals surface area contributed by atoms with E-state index >= 15 is 0 Å². The molecule has 88 valence electrons. The summed E-state index contributed by atoms with van der Waals surface area (Å²) in [6, 6.07) is -0.0408. The van der Waals surface area contributed by atoms with Crippen molar-refractivity contribution in [1.82, 2.24) is 4.90 Å². The van der Waals surface area contributed by atoms with Gasteiger partial charge in [0.05, 0.1) is 0 Å². The van der Waals surface area contributed by atoms with Gasteiger partial charge >= 0.3 is 0 Å². The van der Waals surface area contributed by atoms with Crippen LogP contribution in [0.5, 0.6) is 0 Å². The number of nitrogens with zero attached hydrogens (tertiary/aromatic N) is 1. The predicted molar refractivity (Wildman–Crippen MR) is 61.4 cm³/mol. The molecule has 0 bridgehead atoms. The second-order valence-corrected chi connectivity index (χ2v) is 4.21. The van der Waals surface area contributed by atoms with Gasteiger partial charge in [-0.3, -0.25) is 14.5 Å². The van der Waals surface area contributed by atoms with Crippen LogP contribution in [0.15, 0.2) is 0 Å². The first-order valence-corrected chi connectivity index (χ1v) is 5.79. The van der Waals surface area contributed by atoms with E-state index in [1.807, 2.05) is 20.8 Å². The molecule has 1 unspecified atom stereocenters. The van der Waals surface area contributed by atoms with Crippen LogP contribution in [0.4, 0.5) is 0 Å². The molecule has 15 heavy (non-hydrogen) atoms. The lowest BCUT2D eigenvalue weighted by Crippen LogP contribution is -2.43. The molecule has 0 aliphatic heterocycles. The van der Waals surface area contributed by atoms with Crippen molar-refractivity contribution in [2.45, 2.75) is 59.9 Å². The first-order valence-electron chi connectivity index (χ1n) is 5.79. The monoisotopic (exact) mass is 213 g/mol. The van der Waals surface area contributed by atoms with Gasteiger partial charge in [-0.05, 0) is 26.7 Å². The van der Waals surface area contributed by atoms with Crippen molar-refractivity contribution in [3.63, 3.8) is 0 Å². The van der Waals surface area contributed by atoms with E-state index in [0.29, 0.717) is 0 Å². The van der Waals surface area contributed by atoms with Gasteiger partial charge in [0.25, 0.3) is 0 Å². The van der Waals surface area contributed by atoms with Crippen LogP contribution < -0.4 is 0 Å². The zero-order valence-corrected chi connectivity index (χ0v) is 10.5. The summed E-state index contributed by atoms with van der Waals surface area (Å²) in [6.07, 6.45) is 2.66. The van der Waals surface area contributed by atoms with Gasteiger partial charge in [-0.25, -0.2) is 0 Å². The summed E-state index contributed by atoms with van der Waals surface area (Å²) in [5.74, 6) is -0.160. The third kappa shape index (κ3) is 4.02. The topological polar surface area (TPSA) is 37.4 Å². The molecule has 0 saturated carbocycles. The summed E-state index contributed by atoms with van der Waals surface area (Å²) < 4.78 is 0. The van der Waals surface area contributed by atoms with Gasteiger partial charge in [-0.1, -0.05) is 20.3 Å². The van der Waals surface area contributed by atoms with Crippen LogP contribution in [0.3, 0.4) is 0 Å². The Morgan fingerprint density at radius 3 is 2.00 bits per heavy atom. The standard InChI is InChI=1S/C12H23NO2/c1-6-8-11(7-2)12(15)13(9(3)4)10(5)14/h9,11H,6-8H2,1-5H3. The van der Waals surface area contributed by atoms with Gasteiger partial charge in [0.15, 0.2) is 0 Å². The number of hydrogen-bond donors (Lipinski definition) is 0. The van der Waals surface area contributed by atoms with Crippen LogP contribution >= 0.6 is 0 Å². The number of carbonyl (C=O) groups excluding carboxylic acids is 2. The summed E-state index contributed by atoms with van der Waals surface area (Å²) in [5.41, 5.74) is 0. The summed E-state index contributed by atoms with van der Waals surface area (Å²) in [7, 11) is 0. The molecule has 0 aromatic carbocycles. The molecule has 0 aliphatic rings. The van der Waals surface area contributed by atoms with Gasteiger partial charge in [-0.2, -0.15) is 0 Å². The first-order chi connectivity index (χ1) is 6.95. The molecule has 0 N–H and O–H groups in total. The molecule has 0 aromatic heterocycles. The highest BCUT2D eigenvalue weighted by Gasteiger charge is 2.26. The fraction of sp³-hybridized carbons (Fsp3) is 0.833. The van der Waals surface area contributed by atoms with Crippen LogP contribution in [0.2, 0.25) is 0 Å². The van der Waals surface area contributed by atoms with Crippen LogP contribution in [0, 0.1) is 5.92 Å². The minimum absolute atomic E-state index is 0.00120. The third-order valence-electron chi connectivity index (χ3n) is 2.57. The van der Waals surface area contributed by atoms with Crippen molar-refractivity contribution in [1.29, 1.82) is 0 Å².